The summed E-state index contributed by atoms with van der Waals surface area (Å²) in [6.45, 7) is 2.50. The molecule has 1 aromatic rings. The predicted molar refractivity (Wildman–Crippen MR) is 76.9 cm³/mol. The summed E-state index contributed by atoms with van der Waals surface area (Å²) in [5.41, 5.74) is 3.12. The number of hydrogen-bond acceptors (Lipinski definition) is 2. The van der Waals surface area contributed by atoms with Gasteiger partial charge in [-0.1, -0.05) is 6.07 Å². The summed E-state index contributed by atoms with van der Waals surface area (Å²) in [7, 11) is 4.01. The molecule has 2 aliphatic rings. The van der Waals surface area contributed by atoms with Crippen LogP contribution >= 0.6 is 12.4 Å². The summed E-state index contributed by atoms with van der Waals surface area (Å²) < 4.78 is 5.37. The number of aryl methyl sites for hydroxylation is 1. The minimum atomic E-state index is 0. The van der Waals surface area contributed by atoms with E-state index in [1.807, 2.05) is 0 Å². The number of ether oxygens (including phenoxy) is 1. The molecule has 3 heteroatoms. The largest absolute Gasteiger partial charge is 0.497 e. The fraction of sp³-hybridized carbons (Fsp3) is 0.600. The molecule has 0 spiro atoms. The van der Waals surface area contributed by atoms with E-state index in [4.69, 9.17) is 4.74 Å². The molecule has 0 radical (unpaired) electrons. The third-order valence-electron chi connectivity index (χ3n) is 4.47. The number of hydrogen-bond donors (Lipinski definition) is 0. The Hall–Kier alpha value is -0.730. The molecule has 1 saturated heterocycles. The first-order chi connectivity index (χ1) is 8.28. The van der Waals surface area contributed by atoms with Gasteiger partial charge >= 0.3 is 0 Å². The van der Waals surface area contributed by atoms with E-state index in [2.05, 4.69) is 30.1 Å². The number of methoxy groups -OCH3 is 1. The Kier molecular flexibility index (Phi) is 4.18. The van der Waals surface area contributed by atoms with Crippen molar-refractivity contribution in [1.29, 1.82) is 0 Å². The van der Waals surface area contributed by atoms with Crippen LogP contribution in [0.15, 0.2) is 18.2 Å². The summed E-state index contributed by atoms with van der Waals surface area (Å²) >= 11 is 0. The van der Waals surface area contributed by atoms with Gasteiger partial charge in [0.05, 0.1) is 7.11 Å². The summed E-state index contributed by atoms with van der Waals surface area (Å²) in [6, 6.07) is 6.65. The monoisotopic (exact) mass is 267 g/mol. The SMILES string of the molecule is COc1ccc2c(c1)[C@H]1CCN(C)C[C@@H]1CC2.Cl. The molecule has 0 saturated carbocycles. The van der Waals surface area contributed by atoms with Crippen molar-refractivity contribution in [1.82, 2.24) is 4.90 Å². The quantitative estimate of drug-likeness (QED) is 0.775. The second kappa shape index (κ2) is 5.50. The van der Waals surface area contributed by atoms with Crippen molar-refractivity contribution < 1.29 is 4.74 Å². The number of rotatable bonds is 1. The van der Waals surface area contributed by atoms with Crippen LogP contribution in [0.25, 0.3) is 0 Å². The van der Waals surface area contributed by atoms with Crippen LogP contribution in [0.3, 0.4) is 0 Å². The van der Waals surface area contributed by atoms with Crippen LogP contribution in [0, 0.1) is 5.92 Å². The molecule has 18 heavy (non-hydrogen) atoms. The van der Waals surface area contributed by atoms with Crippen LogP contribution < -0.4 is 4.74 Å². The Morgan fingerprint density at radius 3 is 2.89 bits per heavy atom. The van der Waals surface area contributed by atoms with Crippen LogP contribution in [0.2, 0.25) is 0 Å². The van der Waals surface area contributed by atoms with Gasteiger partial charge in [0.15, 0.2) is 0 Å². The predicted octanol–water partition coefficient (Wildman–Crippen LogP) is 3.10. The molecule has 1 aliphatic carbocycles. The van der Waals surface area contributed by atoms with E-state index in [0.717, 1.165) is 17.6 Å². The Bertz CT molecular complexity index is 421. The van der Waals surface area contributed by atoms with Crippen molar-refractivity contribution in [2.24, 2.45) is 5.92 Å². The maximum Gasteiger partial charge on any atom is 0.119 e. The van der Waals surface area contributed by atoms with Gasteiger partial charge in [-0.05, 0) is 68.0 Å². The third-order valence-corrected chi connectivity index (χ3v) is 4.47. The first-order valence-electron chi connectivity index (χ1n) is 6.63. The molecule has 2 atom stereocenters. The van der Waals surface area contributed by atoms with E-state index >= 15 is 0 Å². The first kappa shape index (κ1) is 13.7. The zero-order valence-corrected chi connectivity index (χ0v) is 12.0. The van der Waals surface area contributed by atoms with Gasteiger partial charge in [0.1, 0.15) is 5.75 Å². The van der Waals surface area contributed by atoms with Gasteiger partial charge in [0.2, 0.25) is 0 Å². The number of nitrogens with zero attached hydrogens (tertiary/aromatic N) is 1. The molecular weight excluding hydrogens is 246 g/mol. The fourth-order valence-corrected chi connectivity index (χ4v) is 3.53. The lowest BCUT2D eigenvalue weighted by atomic mass is 9.71. The summed E-state index contributed by atoms with van der Waals surface area (Å²) in [4.78, 5) is 2.48. The highest BCUT2D eigenvalue weighted by Gasteiger charge is 2.33. The average molecular weight is 268 g/mol. The lowest BCUT2D eigenvalue weighted by Crippen LogP contribution is -2.39. The molecule has 0 aromatic heterocycles. The summed E-state index contributed by atoms with van der Waals surface area (Å²) in [5, 5.41) is 0. The van der Waals surface area contributed by atoms with Crippen LogP contribution in [0.5, 0.6) is 5.75 Å². The smallest absolute Gasteiger partial charge is 0.119 e. The minimum absolute atomic E-state index is 0. The number of piperidine rings is 1. The molecule has 0 unspecified atom stereocenters. The van der Waals surface area contributed by atoms with Gasteiger partial charge in [-0.25, -0.2) is 0 Å². The number of benzene rings is 1. The molecule has 0 bridgehead atoms. The van der Waals surface area contributed by atoms with Crippen LogP contribution in [-0.4, -0.2) is 32.1 Å². The fourth-order valence-electron chi connectivity index (χ4n) is 3.53. The molecule has 0 N–H and O–H groups in total. The zero-order chi connectivity index (χ0) is 11.8. The highest BCUT2D eigenvalue weighted by Crippen LogP contribution is 2.42. The van der Waals surface area contributed by atoms with Crippen molar-refractivity contribution in [3.8, 4) is 5.75 Å². The van der Waals surface area contributed by atoms with Gasteiger partial charge in [-0.15, -0.1) is 12.4 Å². The lowest BCUT2D eigenvalue weighted by Gasteiger charge is -2.41. The van der Waals surface area contributed by atoms with Crippen molar-refractivity contribution in [3.63, 3.8) is 0 Å². The van der Waals surface area contributed by atoms with Gasteiger partial charge in [-0.3, -0.25) is 0 Å². The maximum atomic E-state index is 5.37. The molecule has 1 aliphatic heterocycles. The zero-order valence-electron chi connectivity index (χ0n) is 11.2. The normalized spacial score (nSPS) is 26.8. The van der Waals surface area contributed by atoms with Gasteiger partial charge in [0.25, 0.3) is 0 Å². The average Bonchev–Trinajstić information content (AvgIpc) is 2.37. The molecule has 3 rings (SSSR count). The molecule has 2 nitrogen and oxygen atoms in total. The van der Waals surface area contributed by atoms with Crippen molar-refractivity contribution in [3.05, 3.63) is 29.3 Å². The van der Waals surface area contributed by atoms with Crippen molar-refractivity contribution in [2.45, 2.75) is 25.2 Å². The van der Waals surface area contributed by atoms with Crippen molar-refractivity contribution in [2.75, 3.05) is 27.2 Å². The Morgan fingerprint density at radius 1 is 1.28 bits per heavy atom. The summed E-state index contributed by atoms with van der Waals surface area (Å²) in [6.07, 6.45) is 3.91. The highest BCUT2D eigenvalue weighted by molar-refractivity contribution is 5.85. The van der Waals surface area contributed by atoms with E-state index in [1.165, 1.54) is 32.4 Å². The maximum absolute atomic E-state index is 5.37. The number of fused-ring (bicyclic) bond motifs is 3. The molecule has 100 valence electrons. The van der Waals surface area contributed by atoms with E-state index in [9.17, 15) is 0 Å². The molecule has 1 fully saturated rings. The Morgan fingerprint density at radius 2 is 2.11 bits per heavy atom. The van der Waals surface area contributed by atoms with Crippen LogP contribution in [-0.2, 0) is 6.42 Å². The van der Waals surface area contributed by atoms with Gasteiger partial charge < -0.3 is 9.64 Å². The van der Waals surface area contributed by atoms with E-state index in [-0.39, 0.29) is 12.4 Å². The molecule has 1 aromatic carbocycles. The van der Waals surface area contributed by atoms with Crippen LogP contribution in [0.4, 0.5) is 0 Å². The van der Waals surface area contributed by atoms with Gasteiger partial charge in [-0.2, -0.15) is 0 Å². The first-order valence-corrected chi connectivity index (χ1v) is 6.63. The Labute approximate surface area is 116 Å². The molecule has 1 heterocycles. The minimum Gasteiger partial charge on any atom is -0.497 e. The number of likely N-dealkylation sites (tertiary alicyclic amines) is 1. The van der Waals surface area contributed by atoms with E-state index in [0.29, 0.717) is 0 Å². The van der Waals surface area contributed by atoms with Crippen LogP contribution in [0.1, 0.15) is 29.9 Å². The van der Waals surface area contributed by atoms with Crippen molar-refractivity contribution >= 4 is 12.4 Å². The topological polar surface area (TPSA) is 12.5 Å². The third kappa shape index (κ3) is 2.36. The number of halogens is 1. The molecular formula is C15H22ClNO. The van der Waals surface area contributed by atoms with E-state index in [1.54, 1.807) is 18.2 Å². The summed E-state index contributed by atoms with van der Waals surface area (Å²) in [5.74, 6) is 2.64. The molecule has 0 amide bonds. The standard InChI is InChI=1S/C15H21NO.ClH/c1-16-8-7-14-12(10-16)4-3-11-5-6-13(17-2)9-15(11)14;/h5-6,9,12,14H,3-4,7-8,10H2,1-2H3;1H/t12-,14-;/m0./s1. The second-order valence-electron chi connectivity index (χ2n) is 5.52. The highest BCUT2D eigenvalue weighted by atomic mass is 35.5. The Balaban J connectivity index is 0.00000120. The van der Waals surface area contributed by atoms with E-state index < -0.39 is 0 Å². The second-order valence-corrected chi connectivity index (χ2v) is 5.52. The van der Waals surface area contributed by atoms with Gasteiger partial charge in [0, 0.05) is 6.54 Å². The lowest BCUT2D eigenvalue weighted by molar-refractivity contribution is 0.168.